The number of nitrogens with two attached hydrogens (primary N) is 1. The summed E-state index contributed by atoms with van der Waals surface area (Å²) in [6, 6.07) is 1.34. The summed E-state index contributed by atoms with van der Waals surface area (Å²) >= 11 is 2.93. The molecule has 0 aromatic carbocycles. The first-order valence-corrected chi connectivity index (χ1v) is 5.47. The number of hydrogen-bond donors (Lipinski definition) is 2. The molecule has 0 fully saturated rings. The van der Waals surface area contributed by atoms with Crippen LogP contribution in [0.4, 0.5) is 18.9 Å². The largest absolute Gasteiger partial charge is 0.405 e. The Hall–Kier alpha value is -1.51. The molecule has 9 heteroatoms. The normalized spacial score (nSPS) is 11.3. The molecule has 1 aromatic heterocycles. The van der Waals surface area contributed by atoms with Crippen molar-refractivity contribution in [3.05, 3.63) is 27.1 Å². The number of nitrogens with zero attached hydrogens (tertiary/aromatic N) is 1. The molecular weight excluding hydrogens is 319 g/mol. The Morgan fingerprint density at radius 2 is 2.11 bits per heavy atom. The molecule has 0 radical (unpaired) electrons. The molecule has 3 N–H and O–H groups in total. The Labute approximate surface area is 108 Å². The molecule has 0 unspecified atom stereocenters. The van der Waals surface area contributed by atoms with Crippen LogP contribution in [0.15, 0.2) is 21.5 Å². The van der Waals surface area contributed by atoms with E-state index in [1.54, 1.807) is 5.32 Å². The third kappa shape index (κ3) is 4.40. The number of amides is 1. The number of aromatic nitrogens is 1. The lowest BCUT2D eigenvalue weighted by Gasteiger charge is -2.10. The lowest BCUT2D eigenvalue weighted by molar-refractivity contribution is -0.138. The smallest absolute Gasteiger partial charge is 0.398 e. The zero-order valence-corrected chi connectivity index (χ0v) is 10.5. The van der Waals surface area contributed by atoms with Crippen molar-refractivity contribution in [3.63, 3.8) is 0 Å². The van der Waals surface area contributed by atoms with Gasteiger partial charge in [0.25, 0.3) is 5.56 Å². The van der Waals surface area contributed by atoms with Crippen molar-refractivity contribution < 1.29 is 18.0 Å². The van der Waals surface area contributed by atoms with E-state index in [1.807, 2.05) is 0 Å². The topological polar surface area (TPSA) is 77.1 Å². The molecule has 0 spiro atoms. The summed E-state index contributed by atoms with van der Waals surface area (Å²) in [5.74, 6) is -0.924. The van der Waals surface area contributed by atoms with E-state index in [4.69, 9.17) is 5.73 Å². The van der Waals surface area contributed by atoms with E-state index in [0.29, 0.717) is 0 Å². The molecule has 1 aromatic rings. The first-order valence-electron chi connectivity index (χ1n) is 4.68. The molecule has 1 rings (SSSR count). The number of hydrogen-bond acceptors (Lipinski definition) is 3. The summed E-state index contributed by atoms with van der Waals surface area (Å²) in [6.07, 6.45) is -3.31. The van der Waals surface area contributed by atoms with Crippen LogP contribution in [-0.2, 0) is 11.3 Å². The van der Waals surface area contributed by atoms with Gasteiger partial charge >= 0.3 is 6.18 Å². The zero-order chi connectivity index (χ0) is 13.9. The predicted molar refractivity (Wildman–Crippen MR) is 61.9 cm³/mol. The summed E-state index contributed by atoms with van der Waals surface area (Å²) in [4.78, 5) is 22.7. The summed E-state index contributed by atoms with van der Waals surface area (Å²) in [5.41, 5.74) is 5.11. The highest BCUT2D eigenvalue weighted by Gasteiger charge is 2.27. The summed E-state index contributed by atoms with van der Waals surface area (Å²) in [7, 11) is 0. The second-order valence-electron chi connectivity index (χ2n) is 3.45. The van der Waals surface area contributed by atoms with Crippen LogP contribution < -0.4 is 16.6 Å². The minimum absolute atomic E-state index is 0.131. The van der Waals surface area contributed by atoms with Crippen molar-refractivity contribution in [1.82, 2.24) is 9.88 Å². The molecule has 5 nitrogen and oxygen atoms in total. The third-order valence-electron chi connectivity index (χ3n) is 1.86. The maximum atomic E-state index is 11.9. The number of nitrogens with one attached hydrogen (secondary N) is 1. The second-order valence-corrected chi connectivity index (χ2v) is 4.30. The van der Waals surface area contributed by atoms with Gasteiger partial charge < -0.3 is 15.6 Å². The number of nitrogen functional groups attached to an aromatic ring is 1. The quantitative estimate of drug-likeness (QED) is 0.864. The van der Waals surface area contributed by atoms with Crippen LogP contribution in [0, 0.1) is 0 Å². The lowest BCUT2D eigenvalue weighted by Crippen LogP contribution is -2.37. The van der Waals surface area contributed by atoms with E-state index in [9.17, 15) is 22.8 Å². The van der Waals surface area contributed by atoms with Gasteiger partial charge in [0.15, 0.2) is 0 Å². The molecule has 0 aliphatic rings. The maximum absolute atomic E-state index is 11.9. The van der Waals surface area contributed by atoms with E-state index in [2.05, 4.69) is 15.9 Å². The van der Waals surface area contributed by atoms with Crippen LogP contribution in [0.25, 0.3) is 0 Å². The van der Waals surface area contributed by atoms with E-state index >= 15 is 0 Å². The summed E-state index contributed by atoms with van der Waals surface area (Å²) < 4.78 is 36.6. The van der Waals surface area contributed by atoms with Crippen molar-refractivity contribution in [2.75, 3.05) is 12.3 Å². The standard InChI is InChI=1S/C9H9BrF3N3O2/c10-6-1-5(14)2-16(8(6)18)3-7(17)15-4-9(11,12)13/h1-2H,3-4,14H2,(H,15,17). The fourth-order valence-corrected chi connectivity index (χ4v) is 1.64. The Bertz CT molecular complexity index is 513. The number of carbonyl (C=O) groups is 1. The molecule has 0 saturated carbocycles. The van der Waals surface area contributed by atoms with Gasteiger partial charge in [-0.1, -0.05) is 0 Å². The van der Waals surface area contributed by atoms with Gasteiger partial charge in [0.05, 0.1) is 4.47 Å². The molecule has 100 valence electrons. The molecule has 1 heterocycles. The number of pyridine rings is 1. The highest BCUT2D eigenvalue weighted by atomic mass is 79.9. The monoisotopic (exact) mass is 327 g/mol. The summed E-state index contributed by atoms with van der Waals surface area (Å²) in [5, 5.41) is 1.66. The highest BCUT2D eigenvalue weighted by molar-refractivity contribution is 9.10. The van der Waals surface area contributed by atoms with Gasteiger partial charge in [0, 0.05) is 11.9 Å². The SMILES string of the molecule is Nc1cc(Br)c(=O)n(CC(=O)NCC(F)(F)F)c1. The molecule has 0 bridgehead atoms. The van der Waals surface area contributed by atoms with E-state index in [-0.39, 0.29) is 10.2 Å². The Morgan fingerprint density at radius 3 is 2.67 bits per heavy atom. The molecule has 1 amide bonds. The van der Waals surface area contributed by atoms with E-state index in [0.717, 1.165) is 4.57 Å². The fourth-order valence-electron chi connectivity index (χ4n) is 1.15. The average Bonchev–Trinajstić information content (AvgIpc) is 2.21. The van der Waals surface area contributed by atoms with Crippen molar-refractivity contribution in [1.29, 1.82) is 0 Å². The molecule has 0 aliphatic carbocycles. The van der Waals surface area contributed by atoms with Gasteiger partial charge in [-0.3, -0.25) is 9.59 Å². The van der Waals surface area contributed by atoms with E-state index < -0.39 is 30.7 Å². The minimum atomic E-state index is -4.49. The lowest BCUT2D eigenvalue weighted by atomic mass is 10.4. The maximum Gasteiger partial charge on any atom is 0.405 e. The Morgan fingerprint density at radius 1 is 1.50 bits per heavy atom. The van der Waals surface area contributed by atoms with Gasteiger partial charge in [0.2, 0.25) is 5.91 Å². The fraction of sp³-hybridized carbons (Fsp3) is 0.333. The average molecular weight is 328 g/mol. The Balaban J connectivity index is 2.74. The van der Waals surface area contributed by atoms with E-state index in [1.165, 1.54) is 12.3 Å². The number of anilines is 1. The van der Waals surface area contributed by atoms with Crippen molar-refractivity contribution >= 4 is 27.5 Å². The molecule has 0 atom stereocenters. The van der Waals surface area contributed by atoms with Crippen LogP contribution in [0.5, 0.6) is 0 Å². The van der Waals surface area contributed by atoms with Gasteiger partial charge in [0.1, 0.15) is 13.1 Å². The van der Waals surface area contributed by atoms with Crippen LogP contribution >= 0.6 is 15.9 Å². The second kappa shape index (κ2) is 5.42. The van der Waals surface area contributed by atoms with Crippen LogP contribution in [0.2, 0.25) is 0 Å². The van der Waals surface area contributed by atoms with Gasteiger partial charge in [-0.25, -0.2) is 0 Å². The van der Waals surface area contributed by atoms with Crippen LogP contribution in [0.1, 0.15) is 0 Å². The minimum Gasteiger partial charge on any atom is -0.398 e. The highest BCUT2D eigenvalue weighted by Crippen LogP contribution is 2.12. The van der Waals surface area contributed by atoms with Crippen molar-refractivity contribution in [2.45, 2.75) is 12.7 Å². The molecule has 0 aliphatic heterocycles. The number of halogens is 4. The first kappa shape index (κ1) is 14.6. The summed E-state index contributed by atoms with van der Waals surface area (Å²) in [6.45, 7) is -1.97. The van der Waals surface area contributed by atoms with Crippen molar-refractivity contribution in [3.8, 4) is 0 Å². The Kier molecular flexibility index (Phi) is 4.38. The van der Waals surface area contributed by atoms with Gasteiger partial charge in [-0.05, 0) is 22.0 Å². The predicted octanol–water partition coefficient (Wildman–Crippen LogP) is 0.871. The number of alkyl halides is 3. The van der Waals surface area contributed by atoms with Crippen LogP contribution in [-0.4, -0.2) is 23.2 Å². The van der Waals surface area contributed by atoms with Gasteiger partial charge in [-0.2, -0.15) is 13.2 Å². The molecule has 0 saturated heterocycles. The third-order valence-corrected chi connectivity index (χ3v) is 2.43. The number of carbonyl (C=O) groups excluding carboxylic acids is 1. The van der Waals surface area contributed by atoms with Gasteiger partial charge in [-0.15, -0.1) is 0 Å². The molecule has 18 heavy (non-hydrogen) atoms. The first-order chi connectivity index (χ1) is 8.19. The zero-order valence-electron chi connectivity index (χ0n) is 8.92. The van der Waals surface area contributed by atoms with Crippen molar-refractivity contribution in [2.24, 2.45) is 0 Å². The number of rotatable bonds is 3. The molecular formula is C9H9BrF3N3O2. The van der Waals surface area contributed by atoms with Crippen LogP contribution in [0.3, 0.4) is 0 Å².